The second-order valence-electron chi connectivity index (χ2n) is 8.99. The fourth-order valence-corrected chi connectivity index (χ4v) is 5.02. The maximum absolute atomic E-state index is 12.7. The Hall–Kier alpha value is -2.80. The van der Waals surface area contributed by atoms with E-state index in [1.807, 2.05) is 17.2 Å². The van der Waals surface area contributed by atoms with Crippen LogP contribution in [0.2, 0.25) is 0 Å². The summed E-state index contributed by atoms with van der Waals surface area (Å²) in [7, 11) is 0. The monoisotopic (exact) mass is 419 g/mol. The number of aromatic nitrogens is 3. The summed E-state index contributed by atoms with van der Waals surface area (Å²) >= 11 is 0. The van der Waals surface area contributed by atoms with E-state index in [1.165, 1.54) is 0 Å². The largest absolute Gasteiger partial charge is 0.342 e. The fraction of sp³-hybridized carbons (Fsp3) is 0.500. The molecule has 2 aromatic rings. The molecule has 0 spiro atoms. The number of amides is 1. The number of nitrogens with one attached hydrogen (secondary N) is 1. The van der Waals surface area contributed by atoms with Crippen LogP contribution in [-0.4, -0.2) is 50.3 Å². The molecule has 1 N–H and O–H groups in total. The number of fused-ring (bicyclic) bond motifs is 1. The highest BCUT2D eigenvalue weighted by Gasteiger charge is 2.31. The molecule has 1 amide bonds. The zero-order valence-electron chi connectivity index (χ0n) is 17.8. The SMILES string of the molecule is O=C(C[C@@H]1C=CCC1)N1CC[C@H](c2nc3c(c(=O)[nH]2)CCN(Cc2cccnc2)C3)C1. The molecule has 0 bridgehead atoms. The number of rotatable bonds is 5. The Morgan fingerprint density at radius 3 is 3.00 bits per heavy atom. The lowest BCUT2D eigenvalue weighted by molar-refractivity contribution is -0.130. The third-order valence-electron chi connectivity index (χ3n) is 6.78. The van der Waals surface area contributed by atoms with Crippen LogP contribution in [0.25, 0.3) is 0 Å². The van der Waals surface area contributed by atoms with E-state index in [0.717, 1.165) is 61.5 Å². The first-order chi connectivity index (χ1) is 15.2. The van der Waals surface area contributed by atoms with Crippen LogP contribution in [0.1, 0.15) is 54.2 Å². The van der Waals surface area contributed by atoms with Gasteiger partial charge in [0, 0.05) is 63.0 Å². The Balaban J connectivity index is 1.26. The van der Waals surface area contributed by atoms with Gasteiger partial charge in [0.05, 0.1) is 5.69 Å². The summed E-state index contributed by atoms with van der Waals surface area (Å²) in [4.78, 5) is 41.8. The van der Waals surface area contributed by atoms with Crippen molar-refractivity contribution in [2.75, 3.05) is 19.6 Å². The van der Waals surface area contributed by atoms with Crippen LogP contribution in [-0.2, 0) is 24.3 Å². The number of H-pyrrole nitrogens is 1. The highest BCUT2D eigenvalue weighted by Crippen LogP contribution is 2.28. The number of hydrogen-bond donors (Lipinski definition) is 1. The normalized spacial score (nSPS) is 23.3. The van der Waals surface area contributed by atoms with Crippen molar-refractivity contribution in [2.24, 2.45) is 5.92 Å². The van der Waals surface area contributed by atoms with Crippen molar-refractivity contribution in [2.45, 2.75) is 51.1 Å². The molecule has 31 heavy (non-hydrogen) atoms. The molecular formula is C24H29N5O2. The first kappa shape index (κ1) is 20.1. The lowest BCUT2D eigenvalue weighted by Crippen LogP contribution is -2.36. The summed E-state index contributed by atoms with van der Waals surface area (Å²) < 4.78 is 0. The minimum atomic E-state index is -0.0121. The van der Waals surface area contributed by atoms with Crippen LogP contribution in [0.3, 0.4) is 0 Å². The Bertz CT molecular complexity index is 1030. The number of allylic oxidation sites excluding steroid dienone is 2. The Morgan fingerprint density at radius 1 is 1.26 bits per heavy atom. The molecule has 0 aromatic carbocycles. The Labute approximate surface area is 182 Å². The van der Waals surface area contributed by atoms with Crippen molar-refractivity contribution in [3.8, 4) is 0 Å². The molecule has 2 aliphatic heterocycles. The number of carbonyl (C=O) groups is 1. The van der Waals surface area contributed by atoms with Gasteiger partial charge in [-0.1, -0.05) is 18.2 Å². The zero-order valence-corrected chi connectivity index (χ0v) is 17.8. The average Bonchev–Trinajstić information content (AvgIpc) is 3.46. The summed E-state index contributed by atoms with van der Waals surface area (Å²) in [6.45, 7) is 3.71. The van der Waals surface area contributed by atoms with Gasteiger partial charge >= 0.3 is 0 Å². The summed E-state index contributed by atoms with van der Waals surface area (Å²) in [6.07, 6.45) is 12.3. The predicted molar refractivity (Wildman–Crippen MR) is 117 cm³/mol. The van der Waals surface area contributed by atoms with Crippen molar-refractivity contribution in [1.82, 2.24) is 24.8 Å². The summed E-state index contributed by atoms with van der Waals surface area (Å²) in [5.41, 5.74) is 2.85. The molecule has 0 unspecified atom stereocenters. The van der Waals surface area contributed by atoms with Gasteiger partial charge in [0.1, 0.15) is 5.82 Å². The van der Waals surface area contributed by atoms with Gasteiger partial charge in [0.2, 0.25) is 5.91 Å². The lowest BCUT2D eigenvalue weighted by Gasteiger charge is -2.28. The zero-order chi connectivity index (χ0) is 21.2. The highest BCUT2D eigenvalue weighted by atomic mass is 16.2. The minimum Gasteiger partial charge on any atom is -0.342 e. The van der Waals surface area contributed by atoms with Gasteiger partial charge in [-0.25, -0.2) is 4.98 Å². The molecule has 0 saturated carbocycles. The Morgan fingerprint density at radius 2 is 2.19 bits per heavy atom. The third kappa shape index (κ3) is 4.46. The number of likely N-dealkylation sites (tertiary alicyclic amines) is 1. The van der Waals surface area contributed by atoms with E-state index in [-0.39, 0.29) is 17.4 Å². The van der Waals surface area contributed by atoms with E-state index in [0.29, 0.717) is 31.8 Å². The maximum atomic E-state index is 12.7. The van der Waals surface area contributed by atoms with Gasteiger partial charge in [-0.2, -0.15) is 0 Å². The molecule has 1 fully saturated rings. The molecule has 5 rings (SSSR count). The van der Waals surface area contributed by atoms with Gasteiger partial charge < -0.3 is 9.88 Å². The van der Waals surface area contributed by atoms with Gasteiger partial charge in [-0.3, -0.25) is 19.5 Å². The topological polar surface area (TPSA) is 82.2 Å². The molecule has 162 valence electrons. The van der Waals surface area contributed by atoms with Crippen molar-refractivity contribution < 1.29 is 4.79 Å². The van der Waals surface area contributed by atoms with Crippen molar-refractivity contribution in [3.63, 3.8) is 0 Å². The van der Waals surface area contributed by atoms with Gasteiger partial charge in [0.25, 0.3) is 5.56 Å². The molecule has 3 aliphatic rings. The number of pyridine rings is 1. The highest BCUT2D eigenvalue weighted by molar-refractivity contribution is 5.77. The van der Waals surface area contributed by atoms with Crippen LogP contribution in [0.5, 0.6) is 0 Å². The third-order valence-corrected chi connectivity index (χ3v) is 6.78. The van der Waals surface area contributed by atoms with E-state index in [1.54, 1.807) is 6.20 Å². The number of carbonyl (C=O) groups excluding carboxylic acids is 1. The van der Waals surface area contributed by atoms with E-state index < -0.39 is 0 Å². The van der Waals surface area contributed by atoms with E-state index in [4.69, 9.17) is 4.98 Å². The fourth-order valence-electron chi connectivity index (χ4n) is 5.02. The van der Waals surface area contributed by atoms with Crippen LogP contribution < -0.4 is 5.56 Å². The molecule has 0 radical (unpaired) electrons. The van der Waals surface area contributed by atoms with Crippen LogP contribution in [0.15, 0.2) is 41.5 Å². The molecule has 7 nitrogen and oxygen atoms in total. The number of nitrogens with zero attached hydrogens (tertiary/aromatic N) is 4. The van der Waals surface area contributed by atoms with Crippen molar-refractivity contribution >= 4 is 5.91 Å². The molecular weight excluding hydrogens is 390 g/mol. The number of aromatic amines is 1. The molecule has 2 aromatic heterocycles. The van der Waals surface area contributed by atoms with Crippen LogP contribution in [0.4, 0.5) is 0 Å². The second kappa shape index (κ2) is 8.75. The number of hydrogen-bond acceptors (Lipinski definition) is 5. The average molecular weight is 420 g/mol. The first-order valence-electron chi connectivity index (χ1n) is 11.3. The van der Waals surface area contributed by atoms with Gasteiger partial charge in [0.15, 0.2) is 0 Å². The summed E-state index contributed by atoms with van der Waals surface area (Å²) in [6, 6.07) is 4.02. The molecule has 1 aliphatic carbocycles. The molecule has 7 heteroatoms. The second-order valence-corrected chi connectivity index (χ2v) is 8.99. The summed E-state index contributed by atoms with van der Waals surface area (Å²) in [5, 5.41) is 0. The lowest BCUT2D eigenvalue weighted by atomic mass is 10.0. The van der Waals surface area contributed by atoms with E-state index >= 15 is 0 Å². The van der Waals surface area contributed by atoms with E-state index in [9.17, 15) is 9.59 Å². The van der Waals surface area contributed by atoms with Crippen molar-refractivity contribution in [3.05, 3.63) is 69.7 Å². The smallest absolute Gasteiger partial charge is 0.254 e. The minimum absolute atomic E-state index is 0.0121. The predicted octanol–water partition coefficient (Wildman–Crippen LogP) is 2.40. The standard InChI is InChI=1S/C24H29N5O2/c30-22(12-17-4-1-2-5-17)29-11-7-19(15-29)23-26-21-16-28(10-8-20(21)24(31)27-23)14-18-6-3-9-25-13-18/h1,3-4,6,9,13,17,19H,2,5,7-8,10-12,14-16H2,(H,26,27,31)/t17-,19+/m1/s1. The van der Waals surface area contributed by atoms with Crippen molar-refractivity contribution in [1.29, 1.82) is 0 Å². The molecule has 2 atom stereocenters. The van der Waals surface area contributed by atoms with Gasteiger partial charge in [-0.05, 0) is 43.2 Å². The van der Waals surface area contributed by atoms with Crippen LogP contribution in [0, 0.1) is 5.92 Å². The summed E-state index contributed by atoms with van der Waals surface area (Å²) in [5.74, 6) is 1.46. The quantitative estimate of drug-likeness (QED) is 0.753. The molecule has 4 heterocycles. The van der Waals surface area contributed by atoms with Crippen LogP contribution >= 0.6 is 0 Å². The first-order valence-corrected chi connectivity index (χ1v) is 11.3. The Kier molecular flexibility index (Phi) is 5.68. The molecule has 1 saturated heterocycles. The van der Waals surface area contributed by atoms with Gasteiger partial charge in [-0.15, -0.1) is 0 Å². The maximum Gasteiger partial charge on any atom is 0.254 e. The van der Waals surface area contributed by atoms with E-state index in [2.05, 4.69) is 33.1 Å².